The van der Waals surface area contributed by atoms with Crippen LogP contribution in [0.15, 0.2) is 17.5 Å². The van der Waals surface area contributed by atoms with Gasteiger partial charge in [0.1, 0.15) is 0 Å². The average Bonchev–Trinajstić information content (AvgIpc) is 3.11. The normalized spacial score (nSPS) is 22.7. The zero-order chi connectivity index (χ0) is 21.7. The molecule has 7 nitrogen and oxygen atoms in total. The van der Waals surface area contributed by atoms with Crippen LogP contribution in [0.5, 0.6) is 0 Å². The van der Waals surface area contributed by atoms with Gasteiger partial charge in [0.2, 0.25) is 10.0 Å². The van der Waals surface area contributed by atoms with Crippen LogP contribution < -0.4 is 4.72 Å². The highest BCUT2D eigenvalue weighted by molar-refractivity contribution is 7.88. The monoisotopic (exact) mass is 458 g/mol. The number of hydrogen-bond acceptors (Lipinski definition) is 6. The van der Waals surface area contributed by atoms with Crippen molar-refractivity contribution in [3.8, 4) is 0 Å². The molecule has 0 bridgehead atoms. The number of nitrogens with one attached hydrogen (secondary N) is 1. The predicted octanol–water partition coefficient (Wildman–Crippen LogP) is 2.30. The maximum Gasteiger partial charge on any atom is 0.490 e. The van der Waals surface area contributed by atoms with Crippen LogP contribution in [0.4, 0.5) is 13.2 Å². The van der Waals surface area contributed by atoms with Crippen molar-refractivity contribution in [2.75, 3.05) is 32.6 Å². The first-order valence-electron chi connectivity index (χ1n) is 9.01. The van der Waals surface area contributed by atoms with Crippen molar-refractivity contribution >= 4 is 27.3 Å². The SMILES string of the molecule is CS(=O)(=O)NC1COCCC12CCN(Cc1cccs1)CC2.O=C(O)C(F)(F)F. The number of ether oxygens (including phenoxy) is 1. The summed E-state index contributed by atoms with van der Waals surface area (Å²) in [7, 11) is -3.20. The third-order valence-corrected chi connectivity index (χ3v) is 6.75. The number of piperidine rings is 1. The molecule has 2 saturated heterocycles. The molecular weight excluding hydrogens is 433 g/mol. The zero-order valence-corrected chi connectivity index (χ0v) is 17.6. The molecule has 1 aromatic heterocycles. The van der Waals surface area contributed by atoms with E-state index in [0.717, 1.165) is 45.5 Å². The molecule has 1 aromatic rings. The second kappa shape index (κ2) is 9.73. The largest absolute Gasteiger partial charge is 0.490 e. The Kier molecular flexibility index (Phi) is 8.08. The quantitative estimate of drug-likeness (QED) is 0.719. The highest BCUT2D eigenvalue weighted by Crippen LogP contribution is 2.41. The van der Waals surface area contributed by atoms with Crippen LogP contribution in [-0.4, -0.2) is 69.2 Å². The van der Waals surface area contributed by atoms with Crippen molar-refractivity contribution in [1.29, 1.82) is 0 Å². The fourth-order valence-corrected chi connectivity index (χ4v) is 5.20. The number of carboxylic acids is 1. The van der Waals surface area contributed by atoms with Gasteiger partial charge in [0, 0.05) is 18.0 Å². The lowest BCUT2D eigenvalue weighted by Gasteiger charge is -2.48. The van der Waals surface area contributed by atoms with Crippen molar-refractivity contribution in [1.82, 2.24) is 9.62 Å². The number of carbonyl (C=O) groups is 1. The number of halogens is 3. The lowest BCUT2D eigenvalue weighted by atomic mass is 9.69. The Balaban J connectivity index is 0.000000370. The van der Waals surface area contributed by atoms with Crippen molar-refractivity contribution in [3.05, 3.63) is 22.4 Å². The van der Waals surface area contributed by atoms with Gasteiger partial charge in [0.25, 0.3) is 0 Å². The van der Waals surface area contributed by atoms with E-state index >= 15 is 0 Å². The summed E-state index contributed by atoms with van der Waals surface area (Å²) in [6.07, 6.45) is -0.821. The summed E-state index contributed by atoms with van der Waals surface area (Å²) < 4.78 is 63.3. The molecule has 1 unspecified atom stereocenters. The van der Waals surface area contributed by atoms with Crippen LogP contribution >= 0.6 is 11.3 Å². The molecule has 2 aliphatic rings. The molecule has 2 aliphatic heterocycles. The Labute approximate surface area is 171 Å². The molecule has 12 heteroatoms. The Morgan fingerprint density at radius 1 is 1.38 bits per heavy atom. The lowest BCUT2D eigenvalue weighted by Crippen LogP contribution is -2.57. The first-order chi connectivity index (χ1) is 13.4. The number of aliphatic carboxylic acids is 1. The van der Waals surface area contributed by atoms with E-state index in [9.17, 15) is 21.6 Å². The lowest BCUT2D eigenvalue weighted by molar-refractivity contribution is -0.192. The van der Waals surface area contributed by atoms with Crippen molar-refractivity contribution < 1.29 is 36.2 Å². The number of hydrogen-bond donors (Lipinski definition) is 2. The summed E-state index contributed by atoms with van der Waals surface area (Å²) in [6, 6.07) is 4.19. The maximum atomic E-state index is 11.6. The molecule has 2 fully saturated rings. The van der Waals surface area contributed by atoms with Gasteiger partial charge < -0.3 is 9.84 Å². The summed E-state index contributed by atoms with van der Waals surface area (Å²) in [5, 5.41) is 9.24. The summed E-state index contributed by atoms with van der Waals surface area (Å²) in [4.78, 5) is 12.8. The summed E-state index contributed by atoms with van der Waals surface area (Å²) in [5.74, 6) is -2.76. The van der Waals surface area contributed by atoms with E-state index in [-0.39, 0.29) is 11.5 Å². The predicted molar refractivity (Wildman–Crippen MR) is 102 cm³/mol. The minimum Gasteiger partial charge on any atom is -0.475 e. The molecule has 166 valence electrons. The third-order valence-electron chi connectivity index (χ3n) is 5.18. The third kappa shape index (κ3) is 7.52. The van der Waals surface area contributed by atoms with Gasteiger partial charge in [0.15, 0.2) is 0 Å². The Morgan fingerprint density at radius 3 is 2.48 bits per heavy atom. The standard InChI is InChI=1S/C15H24N2O3S2.C2HF3O2/c1-22(18,19)16-14-12-20-9-6-15(14)4-7-17(8-5-15)11-13-3-2-10-21-13;3-2(4,5)1(6)7/h2-3,10,14,16H,4-9,11-12H2,1H3;(H,6,7). The molecule has 29 heavy (non-hydrogen) atoms. The van der Waals surface area contributed by atoms with E-state index in [1.165, 1.54) is 11.1 Å². The van der Waals surface area contributed by atoms with E-state index in [2.05, 4.69) is 27.1 Å². The topological polar surface area (TPSA) is 95.9 Å². The number of carboxylic acid groups (broad SMARTS) is 1. The smallest absolute Gasteiger partial charge is 0.475 e. The van der Waals surface area contributed by atoms with Crippen LogP contribution in [-0.2, 0) is 26.1 Å². The van der Waals surface area contributed by atoms with Crippen LogP contribution in [0.25, 0.3) is 0 Å². The first-order valence-corrected chi connectivity index (χ1v) is 11.8. The van der Waals surface area contributed by atoms with Crippen LogP contribution in [0.2, 0.25) is 0 Å². The van der Waals surface area contributed by atoms with Crippen molar-refractivity contribution in [2.45, 2.75) is 38.0 Å². The van der Waals surface area contributed by atoms with Gasteiger partial charge in [-0.2, -0.15) is 13.2 Å². The summed E-state index contributed by atoms with van der Waals surface area (Å²) >= 11 is 1.80. The highest BCUT2D eigenvalue weighted by atomic mass is 32.2. The first kappa shape index (κ1) is 24.1. The maximum absolute atomic E-state index is 11.6. The molecule has 0 radical (unpaired) electrons. The number of likely N-dealkylation sites (tertiary alicyclic amines) is 1. The van der Waals surface area contributed by atoms with Gasteiger partial charge in [-0.1, -0.05) is 6.07 Å². The minimum atomic E-state index is -5.08. The van der Waals surface area contributed by atoms with E-state index in [4.69, 9.17) is 14.6 Å². The zero-order valence-electron chi connectivity index (χ0n) is 15.9. The van der Waals surface area contributed by atoms with Crippen LogP contribution in [0.3, 0.4) is 0 Å². The van der Waals surface area contributed by atoms with E-state index < -0.39 is 22.2 Å². The van der Waals surface area contributed by atoms with E-state index in [1.54, 1.807) is 11.3 Å². The van der Waals surface area contributed by atoms with Gasteiger partial charge in [-0.15, -0.1) is 11.3 Å². The fourth-order valence-electron chi connectivity index (χ4n) is 3.62. The molecule has 3 heterocycles. The molecule has 0 aliphatic carbocycles. The Morgan fingerprint density at radius 2 is 2.00 bits per heavy atom. The Hall–Kier alpha value is -1.21. The van der Waals surface area contributed by atoms with E-state index in [1.807, 2.05) is 0 Å². The molecule has 0 saturated carbocycles. The summed E-state index contributed by atoms with van der Waals surface area (Å²) in [6.45, 7) is 4.30. The van der Waals surface area contributed by atoms with E-state index in [0.29, 0.717) is 6.61 Å². The van der Waals surface area contributed by atoms with Gasteiger partial charge in [-0.3, -0.25) is 4.90 Å². The minimum absolute atomic E-state index is 0.0628. The number of nitrogens with zero attached hydrogens (tertiary/aromatic N) is 1. The molecule has 1 spiro atoms. The molecule has 3 rings (SSSR count). The molecule has 2 N–H and O–H groups in total. The van der Waals surface area contributed by atoms with Gasteiger partial charge in [-0.25, -0.2) is 17.9 Å². The van der Waals surface area contributed by atoms with Crippen molar-refractivity contribution in [2.24, 2.45) is 5.41 Å². The summed E-state index contributed by atoms with van der Waals surface area (Å²) in [5.41, 5.74) is 0.0628. The average molecular weight is 459 g/mol. The van der Waals surface area contributed by atoms with Gasteiger partial charge >= 0.3 is 12.1 Å². The number of alkyl halides is 3. The number of thiophene rings is 1. The van der Waals surface area contributed by atoms with Gasteiger partial charge in [-0.05, 0) is 49.2 Å². The second-order valence-electron chi connectivity index (χ2n) is 7.29. The van der Waals surface area contributed by atoms with Gasteiger partial charge in [0.05, 0.1) is 18.9 Å². The number of sulfonamides is 1. The highest BCUT2D eigenvalue weighted by Gasteiger charge is 2.44. The van der Waals surface area contributed by atoms with Crippen LogP contribution in [0, 0.1) is 5.41 Å². The number of rotatable bonds is 4. The molecular formula is C17H25F3N2O5S2. The molecule has 1 atom stereocenters. The van der Waals surface area contributed by atoms with Crippen LogP contribution in [0.1, 0.15) is 24.1 Å². The second-order valence-corrected chi connectivity index (χ2v) is 10.1. The molecule has 0 aromatic carbocycles. The fraction of sp³-hybridized carbons (Fsp3) is 0.706. The van der Waals surface area contributed by atoms with Crippen molar-refractivity contribution in [3.63, 3.8) is 0 Å². The molecule has 0 amide bonds. The Bertz CT molecular complexity index is 761.